The van der Waals surface area contributed by atoms with Gasteiger partial charge in [-0.2, -0.15) is 0 Å². The van der Waals surface area contributed by atoms with Gasteiger partial charge in [0.2, 0.25) is 0 Å². The highest BCUT2D eigenvalue weighted by atomic mass is 32.2. The zero-order valence-corrected chi connectivity index (χ0v) is 18.7. The summed E-state index contributed by atoms with van der Waals surface area (Å²) < 4.78 is 7.00. The number of benzene rings is 1. The normalized spacial score (nSPS) is 14.8. The molecule has 30 heavy (non-hydrogen) atoms. The number of aldehydes is 1. The SMILES string of the molecule is CCC=O.CO.COc1ccc(-n2c(SC3CCC3)nc3c(c2=O)CNCC3)cc1. The van der Waals surface area contributed by atoms with Crippen molar-refractivity contribution in [3.8, 4) is 11.4 Å². The average Bonchev–Trinajstić information content (AvgIpc) is 2.78. The number of thioether (sulfide) groups is 1. The summed E-state index contributed by atoms with van der Waals surface area (Å²) in [5.74, 6) is 0.785. The molecule has 2 heterocycles. The Morgan fingerprint density at radius 1 is 1.30 bits per heavy atom. The van der Waals surface area contributed by atoms with Crippen molar-refractivity contribution in [3.05, 3.63) is 45.9 Å². The van der Waals surface area contributed by atoms with E-state index in [2.05, 4.69) is 5.32 Å². The van der Waals surface area contributed by atoms with Gasteiger partial charge in [-0.1, -0.05) is 25.1 Å². The van der Waals surface area contributed by atoms with E-state index in [0.29, 0.717) is 18.2 Å². The summed E-state index contributed by atoms with van der Waals surface area (Å²) in [7, 11) is 2.64. The van der Waals surface area contributed by atoms with Crippen LogP contribution in [0.1, 0.15) is 43.9 Å². The number of rotatable bonds is 5. The molecular weight excluding hydrogens is 402 g/mol. The largest absolute Gasteiger partial charge is 0.497 e. The van der Waals surface area contributed by atoms with Crippen LogP contribution in [0.5, 0.6) is 5.75 Å². The minimum Gasteiger partial charge on any atom is -0.497 e. The second-order valence-corrected chi connectivity index (χ2v) is 8.10. The van der Waals surface area contributed by atoms with Crippen LogP contribution in [0.15, 0.2) is 34.2 Å². The Balaban J connectivity index is 0.000000481. The van der Waals surface area contributed by atoms with Gasteiger partial charge in [-0.05, 0) is 37.1 Å². The Labute approximate surface area is 181 Å². The fourth-order valence-electron chi connectivity index (χ4n) is 3.06. The van der Waals surface area contributed by atoms with Gasteiger partial charge in [0.25, 0.3) is 5.56 Å². The van der Waals surface area contributed by atoms with Crippen LogP contribution in [0.4, 0.5) is 0 Å². The number of hydrogen-bond donors (Lipinski definition) is 2. The third-order valence-electron chi connectivity index (χ3n) is 4.89. The maximum Gasteiger partial charge on any atom is 0.263 e. The average molecular weight is 434 g/mol. The molecule has 4 rings (SSSR count). The zero-order valence-electron chi connectivity index (χ0n) is 17.9. The first kappa shape index (κ1) is 24.1. The van der Waals surface area contributed by atoms with E-state index >= 15 is 0 Å². The van der Waals surface area contributed by atoms with Crippen LogP contribution >= 0.6 is 11.8 Å². The Morgan fingerprint density at radius 2 is 1.97 bits per heavy atom. The summed E-state index contributed by atoms with van der Waals surface area (Å²) in [4.78, 5) is 27.2. The zero-order chi connectivity index (χ0) is 21.9. The van der Waals surface area contributed by atoms with E-state index in [9.17, 15) is 9.59 Å². The highest BCUT2D eigenvalue weighted by Crippen LogP contribution is 2.36. The minimum atomic E-state index is 0.0548. The van der Waals surface area contributed by atoms with Crippen molar-refractivity contribution in [3.63, 3.8) is 0 Å². The number of hydrogen-bond acceptors (Lipinski definition) is 7. The van der Waals surface area contributed by atoms with E-state index in [1.165, 1.54) is 19.3 Å². The molecular formula is C22H31N3O4S. The summed E-state index contributed by atoms with van der Waals surface area (Å²) in [6.07, 6.45) is 6.04. The summed E-state index contributed by atoms with van der Waals surface area (Å²) >= 11 is 1.75. The summed E-state index contributed by atoms with van der Waals surface area (Å²) in [6.45, 7) is 3.30. The number of carbonyl (C=O) groups excluding carboxylic acids is 1. The highest BCUT2D eigenvalue weighted by Gasteiger charge is 2.25. The molecule has 164 valence electrons. The molecule has 0 radical (unpaired) electrons. The first-order valence-electron chi connectivity index (χ1n) is 10.2. The van der Waals surface area contributed by atoms with Crippen LogP contribution in [0, 0.1) is 0 Å². The molecule has 0 amide bonds. The number of aliphatic hydroxyl groups excluding tert-OH is 1. The van der Waals surface area contributed by atoms with Gasteiger partial charge in [0.05, 0.1) is 24.1 Å². The second-order valence-electron chi connectivity index (χ2n) is 6.83. The van der Waals surface area contributed by atoms with Crippen molar-refractivity contribution in [2.24, 2.45) is 0 Å². The Bertz CT molecular complexity index is 864. The summed E-state index contributed by atoms with van der Waals surface area (Å²) in [6, 6.07) is 7.62. The lowest BCUT2D eigenvalue weighted by Gasteiger charge is -2.26. The Kier molecular flexibility index (Phi) is 10.1. The molecule has 0 bridgehead atoms. The third-order valence-corrected chi connectivity index (χ3v) is 6.18. The molecule has 1 saturated carbocycles. The Morgan fingerprint density at radius 3 is 2.50 bits per heavy atom. The van der Waals surface area contributed by atoms with Gasteiger partial charge in [-0.15, -0.1) is 0 Å². The van der Waals surface area contributed by atoms with Gasteiger partial charge in [-0.25, -0.2) is 4.98 Å². The van der Waals surface area contributed by atoms with Gasteiger partial charge in [0.1, 0.15) is 12.0 Å². The number of fused-ring (bicyclic) bond motifs is 1. The van der Waals surface area contributed by atoms with Gasteiger partial charge in [-0.3, -0.25) is 9.36 Å². The van der Waals surface area contributed by atoms with Crippen molar-refractivity contribution in [1.82, 2.24) is 14.9 Å². The van der Waals surface area contributed by atoms with Crippen LogP contribution in [-0.4, -0.2) is 47.0 Å². The molecule has 0 spiro atoms. The monoisotopic (exact) mass is 433 g/mol. The number of nitrogens with zero attached hydrogens (tertiary/aromatic N) is 2. The summed E-state index contributed by atoms with van der Waals surface area (Å²) in [5.41, 5.74) is 2.67. The molecule has 1 aliphatic heterocycles. The van der Waals surface area contributed by atoms with Crippen molar-refractivity contribution >= 4 is 18.0 Å². The van der Waals surface area contributed by atoms with Crippen molar-refractivity contribution in [1.29, 1.82) is 0 Å². The number of aromatic nitrogens is 2. The molecule has 0 saturated heterocycles. The number of ether oxygens (including phenoxy) is 1. The molecule has 2 aromatic rings. The van der Waals surface area contributed by atoms with E-state index in [1.807, 2.05) is 31.2 Å². The fraction of sp³-hybridized carbons (Fsp3) is 0.500. The first-order chi connectivity index (χ1) is 14.7. The van der Waals surface area contributed by atoms with E-state index in [1.54, 1.807) is 23.4 Å². The molecule has 1 fully saturated rings. The third kappa shape index (κ3) is 5.93. The van der Waals surface area contributed by atoms with E-state index < -0.39 is 0 Å². The van der Waals surface area contributed by atoms with Crippen molar-refractivity contribution in [2.75, 3.05) is 20.8 Å². The van der Waals surface area contributed by atoms with Gasteiger partial charge in [0, 0.05) is 38.3 Å². The maximum atomic E-state index is 13.1. The number of methoxy groups -OCH3 is 1. The van der Waals surface area contributed by atoms with E-state index in [-0.39, 0.29) is 5.56 Å². The van der Waals surface area contributed by atoms with Crippen molar-refractivity contribution < 1.29 is 14.6 Å². The standard InChI is InChI=1S/C18H21N3O2S.C3H6O.CH4O/c1-23-13-7-5-12(6-8-13)21-17(22)15-11-19-10-9-16(15)20-18(21)24-14-3-2-4-14;1-2-3-4;1-2/h5-8,14,19H,2-4,9-11H2,1H3;3H,2H2,1H3;2H,1H3. The molecule has 1 aliphatic carbocycles. The topological polar surface area (TPSA) is 93.4 Å². The van der Waals surface area contributed by atoms with Crippen LogP contribution in [0.2, 0.25) is 0 Å². The van der Waals surface area contributed by atoms with Crippen LogP contribution in [-0.2, 0) is 17.8 Å². The fourth-order valence-corrected chi connectivity index (χ4v) is 4.38. The minimum absolute atomic E-state index is 0.0548. The predicted molar refractivity (Wildman–Crippen MR) is 120 cm³/mol. The molecule has 0 unspecified atom stereocenters. The second kappa shape index (κ2) is 12.5. The molecule has 0 atom stereocenters. The molecule has 2 N–H and O–H groups in total. The quantitative estimate of drug-likeness (QED) is 0.553. The van der Waals surface area contributed by atoms with Gasteiger partial charge >= 0.3 is 0 Å². The highest BCUT2D eigenvalue weighted by molar-refractivity contribution is 7.99. The van der Waals surface area contributed by atoms with E-state index in [4.69, 9.17) is 14.8 Å². The number of carbonyl (C=O) groups is 1. The summed E-state index contributed by atoms with van der Waals surface area (Å²) in [5, 5.41) is 11.7. The van der Waals surface area contributed by atoms with Gasteiger partial charge in [0.15, 0.2) is 5.16 Å². The molecule has 1 aromatic carbocycles. The maximum absolute atomic E-state index is 13.1. The lowest BCUT2D eigenvalue weighted by molar-refractivity contribution is -0.107. The predicted octanol–water partition coefficient (Wildman–Crippen LogP) is 2.74. The van der Waals surface area contributed by atoms with Crippen LogP contribution in [0.25, 0.3) is 5.69 Å². The van der Waals surface area contributed by atoms with Gasteiger partial charge < -0.3 is 20.0 Å². The van der Waals surface area contributed by atoms with Crippen molar-refractivity contribution in [2.45, 2.75) is 56.0 Å². The number of aliphatic hydroxyl groups is 1. The molecule has 7 nitrogen and oxygen atoms in total. The lowest BCUT2D eigenvalue weighted by atomic mass is 10.0. The smallest absolute Gasteiger partial charge is 0.263 e. The lowest BCUT2D eigenvalue weighted by Crippen LogP contribution is -2.35. The first-order valence-corrected chi connectivity index (χ1v) is 11.1. The molecule has 1 aromatic heterocycles. The number of nitrogens with one attached hydrogen (secondary N) is 1. The van der Waals surface area contributed by atoms with Crippen LogP contribution < -0.4 is 15.6 Å². The van der Waals surface area contributed by atoms with E-state index in [0.717, 1.165) is 54.2 Å². The Hall–Kier alpha value is -2.16. The molecule has 8 heteroatoms. The van der Waals surface area contributed by atoms with Crippen LogP contribution in [0.3, 0.4) is 0 Å². The molecule has 2 aliphatic rings.